The van der Waals surface area contributed by atoms with E-state index in [1.54, 1.807) is 6.20 Å². The zero-order valence-electron chi connectivity index (χ0n) is 11.4. The van der Waals surface area contributed by atoms with E-state index in [1.807, 2.05) is 18.8 Å². The van der Waals surface area contributed by atoms with E-state index in [4.69, 9.17) is 11.6 Å². The second kappa shape index (κ2) is 5.85. The van der Waals surface area contributed by atoms with Crippen LogP contribution in [0, 0.1) is 0 Å². The highest BCUT2D eigenvalue weighted by atomic mass is 35.5. The molecule has 2 atom stereocenters. The van der Waals surface area contributed by atoms with Crippen molar-refractivity contribution in [1.82, 2.24) is 15.1 Å². The first kappa shape index (κ1) is 14.2. The topological polar surface area (TPSA) is 29.9 Å². The first-order valence-corrected chi connectivity index (χ1v) is 8.01. The molecule has 1 saturated heterocycles. The average molecular weight is 288 g/mol. The van der Waals surface area contributed by atoms with E-state index in [-0.39, 0.29) is 10.8 Å². The van der Waals surface area contributed by atoms with Crippen molar-refractivity contribution in [1.29, 1.82) is 0 Å². The van der Waals surface area contributed by atoms with Gasteiger partial charge in [0.15, 0.2) is 0 Å². The van der Waals surface area contributed by atoms with E-state index in [1.165, 1.54) is 18.6 Å². The van der Waals surface area contributed by atoms with Crippen molar-refractivity contribution in [2.45, 2.75) is 50.4 Å². The van der Waals surface area contributed by atoms with Crippen LogP contribution in [0.15, 0.2) is 6.20 Å². The van der Waals surface area contributed by atoms with Gasteiger partial charge in [-0.1, -0.05) is 18.5 Å². The maximum Gasteiger partial charge on any atom is 0.0834 e. The lowest BCUT2D eigenvalue weighted by Gasteiger charge is -2.33. The van der Waals surface area contributed by atoms with Gasteiger partial charge in [0, 0.05) is 11.3 Å². The number of hydrogen-bond donors (Lipinski definition) is 1. The quantitative estimate of drug-likeness (QED) is 0.899. The second-order valence-corrected chi connectivity index (χ2v) is 7.12. The number of rotatable bonds is 5. The zero-order valence-corrected chi connectivity index (χ0v) is 12.9. The number of nitrogens with one attached hydrogen (secondary N) is 1. The fourth-order valence-electron chi connectivity index (χ4n) is 2.81. The molecule has 1 aromatic rings. The summed E-state index contributed by atoms with van der Waals surface area (Å²) in [5.74, 6) is 1.24. The zero-order chi connectivity index (χ0) is 13.2. The standard InChI is InChI=1S/C13H22ClN3S/c1-4-7-17-11(10(14)9-16-17)12(15-3)13(2)6-5-8-18-13/h9,12,15H,4-8H2,1-3H3. The number of thioether (sulfide) groups is 1. The predicted octanol–water partition coefficient (Wildman–Crippen LogP) is 3.49. The Hall–Kier alpha value is -0.190. The molecule has 1 fully saturated rings. The third kappa shape index (κ3) is 2.56. The summed E-state index contributed by atoms with van der Waals surface area (Å²) in [5.41, 5.74) is 1.15. The minimum Gasteiger partial charge on any atom is -0.311 e. The average Bonchev–Trinajstić information content (AvgIpc) is 2.92. The third-order valence-corrected chi connectivity index (χ3v) is 5.57. The number of aromatic nitrogens is 2. The van der Waals surface area contributed by atoms with Gasteiger partial charge in [-0.2, -0.15) is 16.9 Å². The largest absolute Gasteiger partial charge is 0.311 e. The van der Waals surface area contributed by atoms with E-state index in [0.29, 0.717) is 0 Å². The van der Waals surface area contributed by atoms with Crippen LogP contribution >= 0.6 is 23.4 Å². The van der Waals surface area contributed by atoms with Gasteiger partial charge < -0.3 is 5.32 Å². The molecule has 1 aliphatic rings. The Morgan fingerprint density at radius 2 is 2.44 bits per heavy atom. The summed E-state index contributed by atoms with van der Waals surface area (Å²) in [6, 6.07) is 0.270. The van der Waals surface area contributed by atoms with Crippen molar-refractivity contribution in [2.24, 2.45) is 0 Å². The summed E-state index contributed by atoms with van der Waals surface area (Å²) >= 11 is 8.41. The van der Waals surface area contributed by atoms with Crippen LogP contribution in [0.4, 0.5) is 0 Å². The first-order chi connectivity index (χ1) is 8.62. The molecule has 0 amide bonds. The highest BCUT2D eigenvalue weighted by Gasteiger charge is 2.40. The summed E-state index contributed by atoms with van der Waals surface area (Å²) in [5, 5.41) is 8.66. The van der Waals surface area contributed by atoms with Gasteiger partial charge in [0.1, 0.15) is 0 Å². The minimum absolute atomic E-state index is 0.226. The molecule has 1 N–H and O–H groups in total. The highest BCUT2D eigenvalue weighted by molar-refractivity contribution is 8.00. The normalized spacial score (nSPS) is 25.6. The van der Waals surface area contributed by atoms with Gasteiger partial charge >= 0.3 is 0 Å². The van der Waals surface area contributed by atoms with Crippen LogP contribution in [0.25, 0.3) is 0 Å². The van der Waals surface area contributed by atoms with Gasteiger partial charge in [0.25, 0.3) is 0 Å². The van der Waals surface area contributed by atoms with Gasteiger partial charge in [0.05, 0.1) is 23.0 Å². The molecule has 0 aromatic carbocycles. The lowest BCUT2D eigenvalue weighted by Crippen LogP contribution is -2.37. The van der Waals surface area contributed by atoms with E-state index < -0.39 is 0 Å². The molecule has 0 aliphatic carbocycles. The molecule has 0 saturated carbocycles. The van der Waals surface area contributed by atoms with Crippen LogP contribution in [0.5, 0.6) is 0 Å². The first-order valence-electron chi connectivity index (χ1n) is 6.65. The molecular formula is C13H22ClN3S. The van der Waals surface area contributed by atoms with Crippen molar-refractivity contribution in [2.75, 3.05) is 12.8 Å². The molecule has 5 heteroatoms. The Balaban J connectivity index is 2.34. The Morgan fingerprint density at radius 3 is 3.00 bits per heavy atom. The molecule has 2 unspecified atom stereocenters. The number of hydrogen-bond acceptors (Lipinski definition) is 3. The van der Waals surface area contributed by atoms with Crippen molar-refractivity contribution in [3.63, 3.8) is 0 Å². The van der Waals surface area contributed by atoms with Crippen LogP contribution < -0.4 is 5.32 Å². The molecule has 1 aliphatic heterocycles. The van der Waals surface area contributed by atoms with Crippen molar-refractivity contribution in [3.8, 4) is 0 Å². The van der Waals surface area contributed by atoms with Crippen LogP contribution in [-0.2, 0) is 6.54 Å². The summed E-state index contributed by atoms with van der Waals surface area (Å²) in [6.45, 7) is 5.44. The number of aryl methyl sites for hydroxylation is 1. The second-order valence-electron chi connectivity index (χ2n) is 5.09. The van der Waals surface area contributed by atoms with Crippen LogP contribution in [-0.4, -0.2) is 27.3 Å². The highest BCUT2D eigenvalue weighted by Crippen LogP contribution is 2.47. The molecule has 2 rings (SSSR count). The Kier molecular flexibility index (Phi) is 4.62. The monoisotopic (exact) mass is 287 g/mol. The molecule has 102 valence electrons. The maximum absolute atomic E-state index is 6.36. The van der Waals surface area contributed by atoms with Crippen molar-refractivity contribution in [3.05, 3.63) is 16.9 Å². The van der Waals surface area contributed by atoms with Crippen LogP contribution in [0.2, 0.25) is 5.02 Å². The summed E-state index contributed by atoms with van der Waals surface area (Å²) < 4.78 is 2.29. The molecule has 18 heavy (non-hydrogen) atoms. The van der Waals surface area contributed by atoms with Gasteiger partial charge in [-0.15, -0.1) is 0 Å². The van der Waals surface area contributed by atoms with E-state index in [9.17, 15) is 0 Å². The van der Waals surface area contributed by atoms with Gasteiger partial charge in [-0.3, -0.25) is 4.68 Å². The van der Waals surface area contributed by atoms with E-state index in [0.717, 1.165) is 23.7 Å². The van der Waals surface area contributed by atoms with Gasteiger partial charge in [0.2, 0.25) is 0 Å². The third-order valence-electron chi connectivity index (χ3n) is 3.69. The Labute approximate surface area is 119 Å². The SMILES string of the molecule is CCCn1ncc(Cl)c1C(NC)C1(C)CCCS1. The summed E-state index contributed by atoms with van der Waals surface area (Å²) in [4.78, 5) is 0. The number of halogens is 1. The fourth-order valence-corrected chi connectivity index (χ4v) is 4.50. The maximum atomic E-state index is 6.36. The molecule has 2 heterocycles. The molecule has 3 nitrogen and oxygen atoms in total. The summed E-state index contributed by atoms with van der Waals surface area (Å²) in [6.07, 6.45) is 5.38. The van der Waals surface area contributed by atoms with E-state index in [2.05, 4.69) is 28.9 Å². The van der Waals surface area contributed by atoms with Crippen molar-refractivity contribution >= 4 is 23.4 Å². The van der Waals surface area contributed by atoms with Crippen LogP contribution in [0.3, 0.4) is 0 Å². The van der Waals surface area contributed by atoms with Gasteiger partial charge in [-0.05, 0) is 39.0 Å². The fraction of sp³-hybridized carbons (Fsp3) is 0.769. The molecule has 0 bridgehead atoms. The lowest BCUT2D eigenvalue weighted by atomic mass is 9.93. The van der Waals surface area contributed by atoms with Crippen molar-refractivity contribution < 1.29 is 0 Å². The molecule has 1 aromatic heterocycles. The molecule has 0 radical (unpaired) electrons. The lowest BCUT2D eigenvalue weighted by molar-refractivity contribution is 0.405. The Bertz CT molecular complexity index is 399. The minimum atomic E-state index is 0.226. The van der Waals surface area contributed by atoms with Crippen LogP contribution in [0.1, 0.15) is 44.8 Å². The smallest absolute Gasteiger partial charge is 0.0834 e. The summed E-state index contributed by atoms with van der Waals surface area (Å²) in [7, 11) is 2.02. The number of nitrogens with zero attached hydrogens (tertiary/aromatic N) is 2. The van der Waals surface area contributed by atoms with Gasteiger partial charge in [-0.25, -0.2) is 0 Å². The molecular weight excluding hydrogens is 266 g/mol. The Morgan fingerprint density at radius 1 is 1.67 bits per heavy atom. The molecule has 0 spiro atoms. The predicted molar refractivity (Wildman–Crippen MR) is 79.4 cm³/mol. The van der Waals surface area contributed by atoms with E-state index >= 15 is 0 Å².